The second-order valence-corrected chi connectivity index (χ2v) is 6.07. The number of thiophene rings is 1. The van der Waals surface area contributed by atoms with Crippen molar-refractivity contribution in [1.29, 1.82) is 0 Å². The van der Waals surface area contributed by atoms with Crippen LogP contribution < -0.4 is 11.1 Å². The molecule has 118 valence electrons. The first-order valence-electron chi connectivity index (χ1n) is 7.10. The van der Waals surface area contributed by atoms with Gasteiger partial charge in [0.1, 0.15) is 6.04 Å². The monoisotopic (exact) mass is 328 g/mol. The largest absolute Gasteiger partial charge is 0.418 e. The first-order chi connectivity index (χ1) is 11.1. The Morgan fingerprint density at radius 2 is 2.09 bits per heavy atom. The van der Waals surface area contributed by atoms with Crippen LogP contribution in [0.1, 0.15) is 24.4 Å². The molecule has 0 spiro atoms. The van der Waals surface area contributed by atoms with Crippen molar-refractivity contribution in [2.75, 3.05) is 5.73 Å². The van der Waals surface area contributed by atoms with Crippen LogP contribution in [0.4, 0.5) is 5.69 Å². The van der Waals surface area contributed by atoms with Crippen molar-refractivity contribution in [1.82, 2.24) is 15.5 Å². The van der Waals surface area contributed by atoms with Crippen LogP contribution in [0.2, 0.25) is 0 Å². The molecule has 2 heterocycles. The van der Waals surface area contributed by atoms with Gasteiger partial charge in [-0.1, -0.05) is 18.2 Å². The zero-order chi connectivity index (χ0) is 16.2. The molecule has 0 aliphatic rings. The van der Waals surface area contributed by atoms with E-state index < -0.39 is 0 Å². The quantitative estimate of drug-likeness (QED) is 0.702. The van der Waals surface area contributed by atoms with E-state index in [0.29, 0.717) is 23.9 Å². The number of nitrogens with one attached hydrogen (secondary N) is 1. The maximum atomic E-state index is 11.5. The Labute approximate surface area is 137 Å². The van der Waals surface area contributed by atoms with Gasteiger partial charge in [-0.15, -0.1) is 21.5 Å². The number of nitrogens with zero attached hydrogens (tertiary/aromatic N) is 2. The van der Waals surface area contributed by atoms with E-state index in [-0.39, 0.29) is 11.9 Å². The van der Waals surface area contributed by atoms with Crippen molar-refractivity contribution in [3.05, 3.63) is 53.2 Å². The van der Waals surface area contributed by atoms with E-state index >= 15 is 0 Å². The molecule has 0 radical (unpaired) electrons. The van der Waals surface area contributed by atoms with Gasteiger partial charge in [0.2, 0.25) is 11.8 Å². The zero-order valence-electron chi connectivity index (χ0n) is 12.5. The number of aromatic nitrogens is 2. The van der Waals surface area contributed by atoms with Crippen LogP contribution in [0.5, 0.6) is 0 Å². The Balaban J connectivity index is 1.84. The maximum absolute atomic E-state index is 11.5. The lowest BCUT2D eigenvalue weighted by molar-refractivity contribution is -0.119. The molecular formula is C16H16N4O2S. The Hall–Kier alpha value is -2.67. The van der Waals surface area contributed by atoms with Gasteiger partial charge in [-0.2, -0.15) is 0 Å². The number of carbonyl (C=O) groups excluding carboxylic acids is 1. The minimum atomic E-state index is -0.377. The van der Waals surface area contributed by atoms with Crippen molar-refractivity contribution >= 4 is 22.9 Å². The van der Waals surface area contributed by atoms with Crippen molar-refractivity contribution in [2.24, 2.45) is 0 Å². The van der Waals surface area contributed by atoms with E-state index in [4.69, 9.17) is 10.2 Å². The SMILES string of the molecule is CC(=O)N[C@@H](Cc1ccc(N)cc1)c1nnc(-c2cccs2)o1. The second-order valence-electron chi connectivity index (χ2n) is 5.12. The molecule has 3 rings (SSSR count). The minimum Gasteiger partial charge on any atom is -0.418 e. The van der Waals surface area contributed by atoms with E-state index in [1.165, 1.54) is 18.3 Å². The summed E-state index contributed by atoms with van der Waals surface area (Å²) in [6.45, 7) is 1.46. The molecule has 23 heavy (non-hydrogen) atoms. The third-order valence-electron chi connectivity index (χ3n) is 3.27. The molecule has 3 aromatic rings. The van der Waals surface area contributed by atoms with E-state index in [2.05, 4.69) is 15.5 Å². The van der Waals surface area contributed by atoms with E-state index in [1.807, 2.05) is 41.8 Å². The number of carbonyl (C=O) groups is 1. The van der Waals surface area contributed by atoms with Gasteiger partial charge in [0.25, 0.3) is 5.89 Å². The number of anilines is 1. The first kappa shape index (κ1) is 15.2. The number of hydrogen-bond donors (Lipinski definition) is 2. The number of amides is 1. The molecule has 7 heteroatoms. The summed E-state index contributed by atoms with van der Waals surface area (Å²) in [5, 5.41) is 13.0. The summed E-state index contributed by atoms with van der Waals surface area (Å²) in [6, 6.07) is 10.9. The van der Waals surface area contributed by atoms with Gasteiger partial charge in [-0.25, -0.2) is 0 Å². The first-order valence-corrected chi connectivity index (χ1v) is 7.98. The summed E-state index contributed by atoms with van der Waals surface area (Å²) < 4.78 is 5.74. The molecule has 1 amide bonds. The van der Waals surface area contributed by atoms with Crippen LogP contribution in [0.25, 0.3) is 10.8 Å². The van der Waals surface area contributed by atoms with Crippen molar-refractivity contribution in [3.8, 4) is 10.8 Å². The topological polar surface area (TPSA) is 94.0 Å². The fourth-order valence-electron chi connectivity index (χ4n) is 2.21. The van der Waals surface area contributed by atoms with E-state index in [1.54, 1.807) is 0 Å². The molecule has 0 saturated carbocycles. The molecule has 0 fully saturated rings. The van der Waals surface area contributed by atoms with Gasteiger partial charge < -0.3 is 15.5 Å². The van der Waals surface area contributed by atoms with Crippen molar-refractivity contribution < 1.29 is 9.21 Å². The minimum absolute atomic E-state index is 0.152. The molecule has 1 aromatic carbocycles. The Morgan fingerprint density at radius 1 is 1.30 bits per heavy atom. The van der Waals surface area contributed by atoms with Crippen LogP contribution in [-0.2, 0) is 11.2 Å². The van der Waals surface area contributed by atoms with Crippen LogP contribution in [0, 0.1) is 0 Å². The number of nitrogens with two attached hydrogens (primary N) is 1. The van der Waals surface area contributed by atoms with Crippen LogP contribution in [0.15, 0.2) is 46.2 Å². The zero-order valence-corrected chi connectivity index (χ0v) is 13.3. The highest BCUT2D eigenvalue weighted by atomic mass is 32.1. The predicted octanol–water partition coefficient (Wildman–Crippen LogP) is 2.80. The van der Waals surface area contributed by atoms with Gasteiger partial charge >= 0.3 is 0 Å². The Bertz CT molecular complexity index is 781. The highest BCUT2D eigenvalue weighted by Gasteiger charge is 2.21. The van der Waals surface area contributed by atoms with Gasteiger partial charge in [-0.3, -0.25) is 4.79 Å². The lowest BCUT2D eigenvalue weighted by Crippen LogP contribution is -2.28. The lowest BCUT2D eigenvalue weighted by Gasteiger charge is -2.14. The maximum Gasteiger partial charge on any atom is 0.257 e. The van der Waals surface area contributed by atoms with Crippen molar-refractivity contribution in [2.45, 2.75) is 19.4 Å². The van der Waals surface area contributed by atoms with Gasteiger partial charge in [0, 0.05) is 19.0 Å². The molecule has 0 aliphatic carbocycles. The molecule has 0 bridgehead atoms. The smallest absolute Gasteiger partial charge is 0.257 e. The molecule has 0 aliphatic heterocycles. The average Bonchev–Trinajstić information content (AvgIpc) is 3.19. The third kappa shape index (κ3) is 3.75. The number of hydrogen-bond acceptors (Lipinski definition) is 6. The lowest BCUT2D eigenvalue weighted by atomic mass is 10.1. The van der Waals surface area contributed by atoms with Gasteiger partial charge in [0.15, 0.2) is 0 Å². The standard InChI is InChI=1S/C16H16N4O2S/c1-10(21)18-13(9-11-4-6-12(17)7-5-11)15-19-20-16(22-15)14-3-2-8-23-14/h2-8,13H,9,17H2,1H3,(H,18,21)/t13-/m0/s1. The van der Waals surface area contributed by atoms with E-state index in [9.17, 15) is 4.79 Å². The summed E-state index contributed by atoms with van der Waals surface area (Å²) in [5.41, 5.74) is 7.42. The summed E-state index contributed by atoms with van der Waals surface area (Å²) in [5.74, 6) is 0.699. The molecule has 0 unspecified atom stereocenters. The fourth-order valence-corrected chi connectivity index (χ4v) is 2.85. The Kier molecular flexibility index (Phi) is 4.38. The third-order valence-corrected chi connectivity index (χ3v) is 4.13. The fraction of sp³-hybridized carbons (Fsp3) is 0.188. The van der Waals surface area contributed by atoms with Gasteiger partial charge in [0.05, 0.1) is 4.88 Å². The molecule has 3 N–H and O–H groups in total. The Morgan fingerprint density at radius 3 is 2.74 bits per heavy atom. The summed E-state index contributed by atoms with van der Waals surface area (Å²) >= 11 is 1.52. The highest BCUT2D eigenvalue weighted by molar-refractivity contribution is 7.13. The highest BCUT2D eigenvalue weighted by Crippen LogP contribution is 2.26. The number of nitrogen functional groups attached to an aromatic ring is 1. The normalized spacial score (nSPS) is 12.0. The second kappa shape index (κ2) is 6.62. The average molecular weight is 328 g/mol. The summed E-state index contributed by atoms with van der Waals surface area (Å²) in [7, 11) is 0. The molecule has 6 nitrogen and oxygen atoms in total. The summed E-state index contributed by atoms with van der Waals surface area (Å²) in [6.07, 6.45) is 0.548. The van der Waals surface area contributed by atoms with Crippen molar-refractivity contribution in [3.63, 3.8) is 0 Å². The van der Waals surface area contributed by atoms with Crippen LogP contribution in [-0.4, -0.2) is 16.1 Å². The van der Waals surface area contributed by atoms with Gasteiger partial charge in [-0.05, 0) is 29.1 Å². The predicted molar refractivity (Wildman–Crippen MR) is 88.7 cm³/mol. The van der Waals surface area contributed by atoms with Crippen LogP contribution in [0.3, 0.4) is 0 Å². The van der Waals surface area contributed by atoms with Crippen LogP contribution >= 0.6 is 11.3 Å². The molecule has 2 aromatic heterocycles. The van der Waals surface area contributed by atoms with E-state index in [0.717, 1.165) is 10.4 Å². The summed E-state index contributed by atoms with van der Waals surface area (Å²) in [4.78, 5) is 12.4. The molecular weight excluding hydrogens is 312 g/mol. The molecule has 1 atom stereocenters. The number of benzene rings is 1. The molecule has 0 saturated heterocycles. The number of rotatable bonds is 5.